The minimum Gasteiger partial charge on any atom is -0.236 e. The van der Waals surface area contributed by atoms with Crippen LogP contribution in [0.15, 0.2) is 48.8 Å². The van der Waals surface area contributed by atoms with Crippen LogP contribution in [0.1, 0.15) is 89.2 Å². The first-order chi connectivity index (χ1) is 16.6. The Balaban J connectivity index is 1.61. The zero-order valence-electron chi connectivity index (χ0n) is 20.8. The Labute approximate surface area is 203 Å². The number of aryl methyl sites for hydroxylation is 2. The molecule has 0 bridgehead atoms. The molecule has 0 N–H and O–H groups in total. The van der Waals surface area contributed by atoms with E-state index in [-0.39, 0.29) is 17.0 Å². The van der Waals surface area contributed by atoms with Gasteiger partial charge < -0.3 is 0 Å². The SMILES string of the molecule is CCCCCCCCCc1cnc(-c2ccc(-c3ccc(CCCCC)cc3)c(F)c2F)nc1. The normalized spacial score (nSPS) is 11.2. The van der Waals surface area contributed by atoms with Crippen molar-refractivity contribution in [2.24, 2.45) is 0 Å². The number of aromatic nitrogens is 2. The molecule has 0 spiro atoms. The quantitative estimate of drug-likeness (QED) is 0.222. The molecule has 0 saturated heterocycles. The molecule has 2 aromatic carbocycles. The second kappa shape index (κ2) is 13.9. The van der Waals surface area contributed by atoms with Gasteiger partial charge in [0, 0.05) is 18.0 Å². The van der Waals surface area contributed by atoms with Crippen LogP contribution in [0.3, 0.4) is 0 Å². The van der Waals surface area contributed by atoms with Crippen molar-refractivity contribution >= 4 is 0 Å². The van der Waals surface area contributed by atoms with Gasteiger partial charge in [0.05, 0.1) is 5.56 Å². The van der Waals surface area contributed by atoms with E-state index in [2.05, 4.69) is 23.8 Å². The first kappa shape index (κ1) is 26.0. The number of benzene rings is 2. The standard InChI is InChI=1S/C30H38F2N2/c1-3-5-7-8-9-10-12-14-24-21-33-30(34-22-24)27-20-19-26(28(31)29(27)32)25-17-15-23(16-18-25)13-11-6-4-2/h15-22H,3-14H2,1-2H3. The molecule has 0 amide bonds. The molecule has 0 saturated carbocycles. The summed E-state index contributed by atoms with van der Waals surface area (Å²) in [5.41, 5.74) is 3.29. The van der Waals surface area contributed by atoms with Gasteiger partial charge in [0.15, 0.2) is 17.5 Å². The Bertz CT molecular complexity index is 998. The van der Waals surface area contributed by atoms with Crippen molar-refractivity contribution in [1.29, 1.82) is 0 Å². The Morgan fingerprint density at radius 2 is 1.06 bits per heavy atom. The lowest BCUT2D eigenvalue weighted by molar-refractivity contribution is 0.513. The van der Waals surface area contributed by atoms with Crippen molar-refractivity contribution in [1.82, 2.24) is 9.97 Å². The van der Waals surface area contributed by atoms with Gasteiger partial charge in [0.1, 0.15) is 0 Å². The summed E-state index contributed by atoms with van der Waals surface area (Å²) in [6, 6.07) is 10.9. The predicted octanol–water partition coefficient (Wildman–Crippen LogP) is 9.11. The van der Waals surface area contributed by atoms with Crippen molar-refractivity contribution in [3.63, 3.8) is 0 Å². The van der Waals surface area contributed by atoms with Crippen molar-refractivity contribution in [3.05, 3.63) is 71.6 Å². The van der Waals surface area contributed by atoms with E-state index < -0.39 is 11.6 Å². The van der Waals surface area contributed by atoms with Crippen molar-refractivity contribution in [2.75, 3.05) is 0 Å². The van der Waals surface area contributed by atoms with E-state index in [1.165, 1.54) is 56.9 Å². The highest BCUT2D eigenvalue weighted by atomic mass is 19.2. The monoisotopic (exact) mass is 464 g/mol. The van der Waals surface area contributed by atoms with Gasteiger partial charge in [0.25, 0.3) is 0 Å². The van der Waals surface area contributed by atoms with E-state index in [0.29, 0.717) is 5.56 Å². The third-order valence-electron chi connectivity index (χ3n) is 6.43. The van der Waals surface area contributed by atoms with Gasteiger partial charge in [-0.15, -0.1) is 0 Å². The maximum absolute atomic E-state index is 14.9. The van der Waals surface area contributed by atoms with Crippen LogP contribution in [-0.4, -0.2) is 9.97 Å². The first-order valence-electron chi connectivity index (χ1n) is 13.0. The predicted molar refractivity (Wildman–Crippen MR) is 138 cm³/mol. The van der Waals surface area contributed by atoms with Crippen molar-refractivity contribution < 1.29 is 8.78 Å². The lowest BCUT2D eigenvalue weighted by Crippen LogP contribution is -1.98. The fraction of sp³-hybridized carbons (Fsp3) is 0.467. The maximum Gasteiger partial charge on any atom is 0.170 e. The average molecular weight is 465 g/mol. The first-order valence-corrected chi connectivity index (χ1v) is 13.0. The molecule has 1 aromatic heterocycles. The second-order valence-electron chi connectivity index (χ2n) is 9.23. The maximum atomic E-state index is 14.9. The second-order valence-corrected chi connectivity index (χ2v) is 9.23. The third-order valence-corrected chi connectivity index (χ3v) is 6.43. The van der Waals surface area contributed by atoms with Crippen molar-refractivity contribution in [2.45, 2.75) is 90.9 Å². The Hall–Kier alpha value is -2.62. The average Bonchev–Trinajstić information content (AvgIpc) is 2.86. The number of unbranched alkanes of at least 4 members (excludes halogenated alkanes) is 8. The number of hydrogen-bond donors (Lipinski definition) is 0. The minimum atomic E-state index is -0.899. The molecule has 0 aliphatic heterocycles. The highest BCUT2D eigenvalue weighted by Gasteiger charge is 2.17. The zero-order chi connectivity index (χ0) is 24.2. The van der Waals surface area contributed by atoms with Gasteiger partial charge in [-0.1, -0.05) is 95.5 Å². The largest absolute Gasteiger partial charge is 0.236 e. The Kier molecular flexibility index (Phi) is 10.7. The van der Waals surface area contributed by atoms with E-state index in [1.807, 2.05) is 24.3 Å². The fourth-order valence-electron chi connectivity index (χ4n) is 4.28. The van der Waals surface area contributed by atoms with Crippen LogP contribution in [0, 0.1) is 11.6 Å². The molecule has 0 fully saturated rings. The van der Waals surface area contributed by atoms with Crippen LogP contribution in [-0.2, 0) is 12.8 Å². The molecule has 3 rings (SSSR count). The molecule has 0 radical (unpaired) electrons. The summed E-state index contributed by atoms with van der Waals surface area (Å²) in [7, 11) is 0. The smallest absolute Gasteiger partial charge is 0.170 e. The van der Waals surface area contributed by atoms with E-state index in [1.54, 1.807) is 24.5 Å². The minimum absolute atomic E-state index is 0.0971. The molecule has 4 heteroatoms. The summed E-state index contributed by atoms with van der Waals surface area (Å²) in [6.07, 6.45) is 17.7. The molecule has 3 aromatic rings. The third kappa shape index (κ3) is 7.44. The number of rotatable bonds is 14. The van der Waals surface area contributed by atoms with Gasteiger partial charge >= 0.3 is 0 Å². The van der Waals surface area contributed by atoms with Crippen LogP contribution in [0.4, 0.5) is 8.78 Å². The molecule has 1 heterocycles. The van der Waals surface area contributed by atoms with E-state index in [4.69, 9.17) is 0 Å². The lowest BCUT2D eigenvalue weighted by atomic mass is 9.99. The van der Waals surface area contributed by atoms with Gasteiger partial charge in [-0.25, -0.2) is 18.7 Å². The highest BCUT2D eigenvalue weighted by molar-refractivity contribution is 5.69. The molecule has 2 nitrogen and oxygen atoms in total. The van der Waals surface area contributed by atoms with Gasteiger partial charge in [-0.05, 0) is 48.4 Å². The van der Waals surface area contributed by atoms with Crippen LogP contribution in [0.25, 0.3) is 22.5 Å². The van der Waals surface area contributed by atoms with E-state index in [9.17, 15) is 8.78 Å². The van der Waals surface area contributed by atoms with Crippen molar-refractivity contribution in [3.8, 4) is 22.5 Å². The Morgan fingerprint density at radius 3 is 1.74 bits per heavy atom. The van der Waals surface area contributed by atoms with Crippen LogP contribution < -0.4 is 0 Å². The molecule has 0 atom stereocenters. The summed E-state index contributed by atoms with van der Waals surface area (Å²) in [5, 5.41) is 0. The molecular weight excluding hydrogens is 426 g/mol. The van der Waals surface area contributed by atoms with Crippen LogP contribution in [0.2, 0.25) is 0 Å². The van der Waals surface area contributed by atoms with Crippen LogP contribution in [0.5, 0.6) is 0 Å². The highest BCUT2D eigenvalue weighted by Crippen LogP contribution is 2.30. The summed E-state index contributed by atoms with van der Waals surface area (Å²) in [4.78, 5) is 8.64. The number of hydrogen-bond acceptors (Lipinski definition) is 2. The molecule has 182 valence electrons. The molecule has 0 unspecified atom stereocenters. The molecule has 34 heavy (non-hydrogen) atoms. The topological polar surface area (TPSA) is 25.8 Å². The summed E-state index contributed by atoms with van der Waals surface area (Å²) < 4.78 is 29.9. The molecular formula is C30H38F2N2. The number of halogens is 2. The van der Waals surface area contributed by atoms with E-state index in [0.717, 1.165) is 31.2 Å². The lowest BCUT2D eigenvalue weighted by Gasteiger charge is -2.10. The Morgan fingerprint density at radius 1 is 0.559 bits per heavy atom. The van der Waals surface area contributed by atoms with Gasteiger partial charge in [-0.2, -0.15) is 0 Å². The molecule has 0 aliphatic carbocycles. The van der Waals surface area contributed by atoms with Gasteiger partial charge in [-0.3, -0.25) is 0 Å². The van der Waals surface area contributed by atoms with Crippen LogP contribution >= 0.6 is 0 Å². The molecule has 0 aliphatic rings. The summed E-state index contributed by atoms with van der Waals surface area (Å²) >= 11 is 0. The number of nitrogens with zero attached hydrogens (tertiary/aromatic N) is 2. The van der Waals surface area contributed by atoms with Gasteiger partial charge in [0.2, 0.25) is 0 Å². The summed E-state index contributed by atoms with van der Waals surface area (Å²) in [6.45, 7) is 4.41. The van der Waals surface area contributed by atoms with E-state index >= 15 is 0 Å². The summed E-state index contributed by atoms with van der Waals surface area (Å²) in [5.74, 6) is -1.53. The zero-order valence-corrected chi connectivity index (χ0v) is 20.8. The fourth-order valence-corrected chi connectivity index (χ4v) is 4.28.